The molecule has 0 unspecified atom stereocenters. The van der Waals surface area contributed by atoms with Gasteiger partial charge in [0.25, 0.3) is 0 Å². The summed E-state index contributed by atoms with van der Waals surface area (Å²) in [7, 11) is 5.23. The second-order valence-corrected chi connectivity index (χ2v) is 9.87. The molecule has 3 aromatic carbocycles. The molecule has 0 atom stereocenters. The number of nitrogens with zero attached hydrogens (tertiary/aromatic N) is 5. The summed E-state index contributed by atoms with van der Waals surface area (Å²) < 4.78 is 43.3. The number of hydrazone groups is 1. The number of para-hydroxylation sites is 1. The lowest BCUT2D eigenvalue weighted by atomic mass is 10.0. The van der Waals surface area contributed by atoms with E-state index < -0.39 is 6.36 Å². The summed E-state index contributed by atoms with van der Waals surface area (Å²) in [5.74, 6) is 0.590. The van der Waals surface area contributed by atoms with Gasteiger partial charge in [0.2, 0.25) is 0 Å². The van der Waals surface area contributed by atoms with Crippen molar-refractivity contribution < 1.29 is 17.9 Å². The smallest absolute Gasteiger partial charge is 0.406 e. The Morgan fingerprint density at radius 2 is 1.80 bits per heavy atom. The summed E-state index contributed by atoms with van der Waals surface area (Å²) in [6.45, 7) is 4.24. The third-order valence-corrected chi connectivity index (χ3v) is 6.48. The van der Waals surface area contributed by atoms with Gasteiger partial charge >= 0.3 is 6.36 Å². The van der Waals surface area contributed by atoms with Crippen LogP contribution in [0.25, 0.3) is 10.9 Å². The minimum Gasteiger partial charge on any atom is -0.406 e. The third-order valence-electron chi connectivity index (χ3n) is 6.29. The SMILES string of the molecule is C/N=C(/c1nn(C)c2cc(/C=N/NC(=S)Nc3ccccc3C(C)C)ccc12)N(C)c1ccc(OC(F)(F)F)cc1. The predicted molar refractivity (Wildman–Crippen MR) is 162 cm³/mol. The monoisotopic (exact) mass is 581 g/mol. The van der Waals surface area contributed by atoms with Crippen LogP contribution in [0, 0.1) is 0 Å². The molecular formula is C29H30F3N7OS. The lowest BCUT2D eigenvalue weighted by molar-refractivity contribution is -0.274. The number of aromatic nitrogens is 2. The molecule has 0 spiro atoms. The number of ether oxygens (including phenoxy) is 1. The first-order valence-corrected chi connectivity index (χ1v) is 13.1. The highest BCUT2D eigenvalue weighted by Crippen LogP contribution is 2.27. The van der Waals surface area contributed by atoms with E-state index in [-0.39, 0.29) is 5.75 Å². The van der Waals surface area contributed by atoms with Gasteiger partial charge in [-0.1, -0.05) is 38.1 Å². The zero-order valence-electron chi connectivity index (χ0n) is 23.2. The van der Waals surface area contributed by atoms with Gasteiger partial charge in [0.15, 0.2) is 10.9 Å². The van der Waals surface area contributed by atoms with Crippen LogP contribution in [0.3, 0.4) is 0 Å². The third kappa shape index (κ3) is 7.20. The molecule has 4 rings (SSSR count). The molecule has 1 aromatic heterocycles. The van der Waals surface area contributed by atoms with E-state index in [1.807, 2.05) is 43.4 Å². The van der Waals surface area contributed by atoms with Gasteiger partial charge in [-0.25, -0.2) is 0 Å². The van der Waals surface area contributed by atoms with Crippen molar-refractivity contribution in [3.63, 3.8) is 0 Å². The molecule has 1 heterocycles. The highest BCUT2D eigenvalue weighted by atomic mass is 32.1. The number of benzene rings is 3. The Morgan fingerprint density at radius 1 is 1.10 bits per heavy atom. The highest BCUT2D eigenvalue weighted by Gasteiger charge is 2.31. The first-order chi connectivity index (χ1) is 19.5. The van der Waals surface area contributed by atoms with Crippen molar-refractivity contribution >= 4 is 51.7 Å². The van der Waals surface area contributed by atoms with E-state index in [4.69, 9.17) is 12.2 Å². The predicted octanol–water partition coefficient (Wildman–Crippen LogP) is 6.43. The number of thiocarbonyl (C=S) groups is 1. The number of halogens is 3. The van der Waals surface area contributed by atoms with Crippen LogP contribution in [-0.2, 0) is 7.05 Å². The number of anilines is 2. The Morgan fingerprint density at radius 3 is 2.46 bits per heavy atom. The molecule has 2 N–H and O–H groups in total. The average Bonchev–Trinajstić information content (AvgIpc) is 3.24. The summed E-state index contributed by atoms with van der Waals surface area (Å²) in [6.07, 6.45) is -3.08. The van der Waals surface area contributed by atoms with Crippen LogP contribution in [0.1, 0.15) is 36.6 Å². The van der Waals surface area contributed by atoms with Crippen LogP contribution < -0.4 is 20.4 Å². The topological polar surface area (TPSA) is 79.1 Å². The van der Waals surface area contributed by atoms with Crippen molar-refractivity contribution in [1.82, 2.24) is 15.2 Å². The van der Waals surface area contributed by atoms with Crippen molar-refractivity contribution in [2.75, 3.05) is 24.3 Å². The number of aryl methyl sites for hydroxylation is 1. The van der Waals surface area contributed by atoms with Gasteiger partial charge in [-0.05, 0) is 71.7 Å². The van der Waals surface area contributed by atoms with Gasteiger partial charge in [-0.3, -0.25) is 15.1 Å². The molecular weight excluding hydrogens is 551 g/mol. The lowest BCUT2D eigenvalue weighted by Crippen LogP contribution is -2.28. The molecule has 0 saturated heterocycles. The maximum Gasteiger partial charge on any atom is 0.573 e. The Hall–Kier alpha value is -4.45. The van der Waals surface area contributed by atoms with Crippen molar-refractivity contribution in [3.8, 4) is 5.75 Å². The molecule has 8 nitrogen and oxygen atoms in total. The number of hydrogen-bond donors (Lipinski definition) is 2. The molecule has 0 amide bonds. The Balaban J connectivity index is 1.49. The lowest BCUT2D eigenvalue weighted by Gasteiger charge is -2.20. The standard InChI is InChI=1S/C29H30F3N7OS/c1-18(2)22-8-6-7-9-24(22)35-28(41)36-34-17-19-10-15-23-25(16-19)39(5)37-26(23)27(33-3)38(4)20-11-13-21(14-12-20)40-29(30,31)32/h6-18H,1-5H3,(H2,35,36,41)/b33-27-,34-17+. The van der Waals surface area contributed by atoms with Crippen LogP contribution in [0.5, 0.6) is 5.75 Å². The van der Waals surface area contributed by atoms with Gasteiger partial charge < -0.3 is 15.0 Å². The molecule has 12 heteroatoms. The number of nitrogens with one attached hydrogen (secondary N) is 2. The van der Waals surface area contributed by atoms with Crippen LogP contribution >= 0.6 is 12.2 Å². The number of alkyl halides is 3. The van der Waals surface area contributed by atoms with E-state index in [0.29, 0.717) is 28.2 Å². The molecule has 0 saturated carbocycles. The molecule has 214 valence electrons. The fraction of sp³-hybridized carbons (Fsp3) is 0.241. The molecule has 41 heavy (non-hydrogen) atoms. The maximum atomic E-state index is 12.5. The zero-order chi connectivity index (χ0) is 29.7. The fourth-order valence-corrected chi connectivity index (χ4v) is 4.52. The fourth-order valence-electron chi connectivity index (χ4n) is 4.36. The van der Waals surface area contributed by atoms with E-state index in [1.165, 1.54) is 24.3 Å². The average molecular weight is 582 g/mol. The van der Waals surface area contributed by atoms with E-state index in [0.717, 1.165) is 27.7 Å². The van der Waals surface area contributed by atoms with E-state index in [2.05, 4.69) is 50.6 Å². The van der Waals surface area contributed by atoms with Gasteiger partial charge in [-0.2, -0.15) is 10.2 Å². The van der Waals surface area contributed by atoms with E-state index in [1.54, 1.807) is 29.9 Å². The summed E-state index contributed by atoms with van der Waals surface area (Å²) in [4.78, 5) is 6.17. The van der Waals surface area contributed by atoms with Gasteiger partial charge in [0.1, 0.15) is 11.4 Å². The summed E-state index contributed by atoms with van der Waals surface area (Å²) in [5, 5.41) is 13.4. The van der Waals surface area contributed by atoms with E-state index in [9.17, 15) is 13.2 Å². The van der Waals surface area contributed by atoms with Crippen LogP contribution in [0.4, 0.5) is 24.5 Å². The second kappa shape index (κ2) is 12.4. The Bertz CT molecular complexity index is 1590. The van der Waals surface area contributed by atoms with Gasteiger partial charge in [-0.15, -0.1) is 13.2 Å². The highest BCUT2D eigenvalue weighted by molar-refractivity contribution is 7.80. The number of fused-ring (bicyclic) bond motifs is 1. The normalized spacial score (nSPS) is 12.3. The summed E-state index contributed by atoms with van der Waals surface area (Å²) >= 11 is 5.41. The van der Waals surface area contributed by atoms with Crippen molar-refractivity contribution in [2.45, 2.75) is 26.1 Å². The van der Waals surface area contributed by atoms with Crippen LogP contribution in [0.2, 0.25) is 0 Å². The number of aliphatic imine (C=N–C) groups is 1. The Labute approximate surface area is 241 Å². The van der Waals surface area contributed by atoms with Crippen molar-refractivity contribution in [3.05, 3.63) is 83.6 Å². The minimum atomic E-state index is -4.75. The van der Waals surface area contributed by atoms with Crippen LogP contribution in [0.15, 0.2) is 76.8 Å². The number of hydrogen-bond acceptors (Lipinski definition) is 5. The molecule has 0 fully saturated rings. The number of rotatable bonds is 7. The first kappa shape index (κ1) is 29.5. The zero-order valence-corrected chi connectivity index (χ0v) is 24.0. The maximum absolute atomic E-state index is 12.5. The van der Waals surface area contributed by atoms with Gasteiger partial charge in [0.05, 0.1) is 11.7 Å². The summed E-state index contributed by atoms with van der Waals surface area (Å²) in [5.41, 5.74) is 7.87. The van der Waals surface area contributed by atoms with E-state index >= 15 is 0 Å². The van der Waals surface area contributed by atoms with Crippen molar-refractivity contribution in [1.29, 1.82) is 0 Å². The largest absolute Gasteiger partial charge is 0.573 e. The number of amidine groups is 1. The Kier molecular flexibility index (Phi) is 8.92. The molecule has 0 aliphatic carbocycles. The molecule has 4 aromatic rings. The minimum absolute atomic E-state index is 0.298. The van der Waals surface area contributed by atoms with Gasteiger partial charge in [0, 0.05) is 37.9 Å². The first-order valence-electron chi connectivity index (χ1n) is 12.7. The second-order valence-electron chi connectivity index (χ2n) is 9.46. The molecule has 0 aliphatic rings. The van der Waals surface area contributed by atoms with Crippen molar-refractivity contribution in [2.24, 2.45) is 17.1 Å². The summed E-state index contributed by atoms with van der Waals surface area (Å²) in [6, 6.07) is 19.3. The molecule has 0 bridgehead atoms. The van der Waals surface area contributed by atoms with Crippen LogP contribution in [-0.4, -0.2) is 47.4 Å². The molecule has 0 aliphatic heterocycles. The quantitative estimate of drug-likeness (QED) is 0.113. The molecule has 0 radical (unpaired) electrons.